The molecule has 1 aromatic rings. The highest BCUT2D eigenvalue weighted by Gasteiger charge is 2.23. The van der Waals surface area contributed by atoms with Gasteiger partial charge in [0.1, 0.15) is 5.75 Å². The van der Waals surface area contributed by atoms with Crippen molar-refractivity contribution < 1.29 is 4.74 Å². The maximum atomic E-state index is 5.49. The summed E-state index contributed by atoms with van der Waals surface area (Å²) in [6, 6.07) is 8.94. The summed E-state index contributed by atoms with van der Waals surface area (Å²) in [5.74, 6) is 1.64. The van der Waals surface area contributed by atoms with Crippen LogP contribution in [0.2, 0.25) is 0 Å². The number of ether oxygens (including phenoxy) is 1. The Morgan fingerprint density at radius 2 is 2.17 bits per heavy atom. The Bertz CT molecular complexity index is 344. The normalized spacial score (nSPS) is 21.6. The molecule has 1 heterocycles. The molecule has 0 spiro atoms. The SMILES string of the molecule is CCOc1ccc(C(NC)C2CCCNC2)cc1. The van der Waals surface area contributed by atoms with Crippen molar-refractivity contribution in [1.82, 2.24) is 10.6 Å². The van der Waals surface area contributed by atoms with E-state index in [0.29, 0.717) is 12.0 Å². The van der Waals surface area contributed by atoms with Crippen LogP contribution in [0.15, 0.2) is 24.3 Å². The first kappa shape index (κ1) is 13.4. The van der Waals surface area contributed by atoms with E-state index >= 15 is 0 Å². The van der Waals surface area contributed by atoms with Gasteiger partial charge in [0.2, 0.25) is 0 Å². The van der Waals surface area contributed by atoms with E-state index in [4.69, 9.17) is 4.74 Å². The molecule has 1 aromatic carbocycles. The minimum absolute atomic E-state index is 0.438. The molecule has 2 atom stereocenters. The topological polar surface area (TPSA) is 33.3 Å². The van der Waals surface area contributed by atoms with Gasteiger partial charge in [0.15, 0.2) is 0 Å². The van der Waals surface area contributed by atoms with E-state index in [9.17, 15) is 0 Å². The van der Waals surface area contributed by atoms with Crippen LogP contribution in [0.4, 0.5) is 0 Å². The highest BCUT2D eigenvalue weighted by Crippen LogP contribution is 2.28. The quantitative estimate of drug-likeness (QED) is 0.839. The van der Waals surface area contributed by atoms with Crippen LogP contribution in [0.1, 0.15) is 31.4 Å². The Morgan fingerprint density at radius 3 is 2.72 bits per heavy atom. The molecule has 3 heteroatoms. The molecule has 1 saturated heterocycles. The molecule has 1 aliphatic heterocycles. The third-order valence-electron chi connectivity index (χ3n) is 3.67. The van der Waals surface area contributed by atoms with Gasteiger partial charge in [-0.25, -0.2) is 0 Å². The van der Waals surface area contributed by atoms with Crippen LogP contribution >= 0.6 is 0 Å². The third-order valence-corrected chi connectivity index (χ3v) is 3.67. The number of rotatable bonds is 5. The Morgan fingerprint density at radius 1 is 1.39 bits per heavy atom. The van der Waals surface area contributed by atoms with Gasteiger partial charge in [-0.2, -0.15) is 0 Å². The molecular formula is C15H24N2O. The fraction of sp³-hybridized carbons (Fsp3) is 0.600. The van der Waals surface area contributed by atoms with Gasteiger partial charge in [-0.1, -0.05) is 12.1 Å². The van der Waals surface area contributed by atoms with Gasteiger partial charge in [-0.3, -0.25) is 0 Å². The standard InChI is InChI=1S/C15H24N2O/c1-3-18-14-8-6-12(7-9-14)15(16-2)13-5-4-10-17-11-13/h6-9,13,15-17H,3-5,10-11H2,1-2H3. The van der Waals surface area contributed by atoms with Crippen LogP contribution in [-0.4, -0.2) is 26.7 Å². The number of hydrogen-bond acceptors (Lipinski definition) is 3. The van der Waals surface area contributed by atoms with Crippen LogP contribution in [0, 0.1) is 5.92 Å². The number of hydrogen-bond donors (Lipinski definition) is 2. The highest BCUT2D eigenvalue weighted by molar-refractivity contribution is 5.29. The zero-order chi connectivity index (χ0) is 12.8. The fourth-order valence-corrected chi connectivity index (χ4v) is 2.78. The van der Waals surface area contributed by atoms with E-state index in [1.165, 1.54) is 18.4 Å². The first-order valence-corrected chi connectivity index (χ1v) is 6.96. The van der Waals surface area contributed by atoms with Gasteiger partial charge in [-0.05, 0) is 63.5 Å². The molecule has 18 heavy (non-hydrogen) atoms. The van der Waals surface area contributed by atoms with Gasteiger partial charge in [0.05, 0.1) is 6.61 Å². The van der Waals surface area contributed by atoms with Crippen molar-refractivity contribution in [2.24, 2.45) is 5.92 Å². The molecule has 0 amide bonds. The Labute approximate surface area is 110 Å². The van der Waals surface area contributed by atoms with Crippen molar-refractivity contribution >= 4 is 0 Å². The molecule has 0 aliphatic carbocycles. The first-order valence-electron chi connectivity index (χ1n) is 6.96. The minimum atomic E-state index is 0.438. The van der Waals surface area contributed by atoms with Gasteiger partial charge in [0.25, 0.3) is 0 Å². The van der Waals surface area contributed by atoms with E-state index in [1.54, 1.807) is 0 Å². The molecule has 2 unspecified atom stereocenters. The molecule has 0 saturated carbocycles. The molecule has 0 aromatic heterocycles. The summed E-state index contributed by atoms with van der Waals surface area (Å²) < 4.78 is 5.49. The molecular weight excluding hydrogens is 224 g/mol. The van der Waals surface area contributed by atoms with Gasteiger partial charge < -0.3 is 15.4 Å². The van der Waals surface area contributed by atoms with Crippen LogP contribution < -0.4 is 15.4 Å². The smallest absolute Gasteiger partial charge is 0.119 e. The van der Waals surface area contributed by atoms with Crippen molar-refractivity contribution in [3.05, 3.63) is 29.8 Å². The summed E-state index contributed by atoms with van der Waals surface area (Å²) in [6.45, 7) is 5.01. The van der Waals surface area contributed by atoms with Gasteiger partial charge in [0, 0.05) is 6.04 Å². The van der Waals surface area contributed by atoms with Gasteiger partial charge >= 0.3 is 0 Å². The van der Waals surface area contributed by atoms with Crippen LogP contribution in [0.3, 0.4) is 0 Å². The zero-order valence-electron chi connectivity index (χ0n) is 11.4. The molecule has 1 aliphatic rings. The molecule has 100 valence electrons. The summed E-state index contributed by atoms with van der Waals surface area (Å²) >= 11 is 0. The summed E-state index contributed by atoms with van der Waals surface area (Å²) in [4.78, 5) is 0. The van der Waals surface area contributed by atoms with Crippen molar-refractivity contribution in [1.29, 1.82) is 0 Å². The molecule has 3 nitrogen and oxygen atoms in total. The largest absolute Gasteiger partial charge is 0.494 e. The Kier molecular flexibility index (Phi) is 5.02. The third kappa shape index (κ3) is 3.24. The maximum Gasteiger partial charge on any atom is 0.119 e. The first-order chi connectivity index (χ1) is 8.85. The lowest BCUT2D eigenvalue weighted by Gasteiger charge is -2.31. The monoisotopic (exact) mass is 248 g/mol. The summed E-state index contributed by atoms with van der Waals surface area (Å²) in [6.07, 6.45) is 2.57. The van der Waals surface area contributed by atoms with Crippen molar-refractivity contribution in [2.75, 3.05) is 26.7 Å². The molecule has 0 bridgehead atoms. The Balaban J connectivity index is 2.06. The van der Waals surface area contributed by atoms with Crippen molar-refractivity contribution in [3.8, 4) is 5.75 Å². The lowest BCUT2D eigenvalue weighted by molar-refractivity contribution is 0.298. The van der Waals surface area contributed by atoms with E-state index in [2.05, 4.69) is 41.9 Å². The van der Waals surface area contributed by atoms with E-state index < -0.39 is 0 Å². The van der Waals surface area contributed by atoms with Crippen LogP contribution in [-0.2, 0) is 0 Å². The van der Waals surface area contributed by atoms with Crippen LogP contribution in [0.25, 0.3) is 0 Å². The van der Waals surface area contributed by atoms with Crippen molar-refractivity contribution in [2.45, 2.75) is 25.8 Å². The maximum absolute atomic E-state index is 5.49. The molecule has 1 fully saturated rings. The molecule has 2 N–H and O–H groups in total. The summed E-state index contributed by atoms with van der Waals surface area (Å²) in [7, 11) is 2.05. The average molecular weight is 248 g/mol. The number of benzene rings is 1. The lowest BCUT2D eigenvalue weighted by atomic mass is 9.87. The van der Waals surface area contributed by atoms with E-state index in [-0.39, 0.29) is 0 Å². The second-order valence-electron chi connectivity index (χ2n) is 4.87. The fourth-order valence-electron chi connectivity index (χ4n) is 2.78. The van der Waals surface area contributed by atoms with Crippen molar-refractivity contribution in [3.63, 3.8) is 0 Å². The van der Waals surface area contributed by atoms with Crippen LogP contribution in [0.5, 0.6) is 5.75 Å². The predicted molar refractivity (Wildman–Crippen MR) is 75.0 cm³/mol. The molecule has 0 radical (unpaired) electrons. The molecule has 2 rings (SSSR count). The Hall–Kier alpha value is -1.06. The number of nitrogens with one attached hydrogen (secondary N) is 2. The zero-order valence-corrected chi connectivity index (χ0v) is 11.4. The predicted octanol–water partition coefficient (Wildman–Crippen LogP) is 2.35. The lowest BCUT2D eigenvalue weighted by Crippen LogP contribution is -2.37. The van der Waals surface area contributed by atoms with E-state index in [1.807, 2.05) is 6.92 Å². The minimum Gasteiger partial charge on any atom is -0.494 e. The summed E-state index contributed by atoms with van der Waals surface area (Å²) in [5.41, 5.74) is 1.36. The van der Waals surface area contributed by atoms with E-state index in [0.717, 1.165) is 25.4 Å². The summed E-state index contributed by atoms with van der Waals surface area (Å²) in [5, 5.41) is 6.95. The van der Waals surface area contributed by atoms with Gasteiger partial charge in [-0.15, -0.1) is 0 Å². The average Bonchev–Trinajstić information content (AvgIpc) is 2.43. The second-order valence-corrected chi connectivity index (χ2v) is 4.87. The second kappa shape index (κ2) is 6.76. The highest BCUT2D eigenvalue weighted by atomic mass is 16.5. The number of piperidine rings is 1.